The smallest absolute Gasteiger partial charge is 0.229 e. The van der Waals surface area contributed by atoms with Crippen molar-refractivity contribution in [3.8, 4) is 0 Å². The first-order valence-electron chi connectivity index (χ1n) is 8.33. The number of nitrogens with one attached hydrogen (secondary N) is 1. The highest BCUT2D eigenvalue weighted by Crippen LogP contribution is 2.23. The van der Waals surface area contributed by atoms with Gasteiger partial charge in [-0.1, -0.05) is 19.1 Å². The van der Waals surface area contributed by atoms with Crippen LogP contribution in [0.3, 0.4) is 0 Å². The van der Waals surface area contributed by atoms with Crippen molar-refractivity contribution in [1.29, 1.82) is 0 Å². The van der Waals surface area contributed by atoms with Gasteiger partial charge in [0, 0.05) is 24.4 Å². The number of thiazole rings is 1. The molecule has 1 fully saturated rings. The average Bonchev–Trinajstić information content (AvgIpc) is 2.95. The number of rotatable bonds is 4. The van der Waals surface area contributed by atoms with Gasteiger partial charge < -0.3 is 5.32 Å². The van der Waals surface area contributed by atoms with E-state index in [1.165, 1.54) is 12.8 Å². The molecule has 1 aliphatic carbocycles. The van der Waals surface area contributed by atoms with Crippen LogP contribution in [0.5, 0.6) is 0 Å². The van der Waals surface area contributed by atoms with Gasteiger partial charge in [-0.15, -0.1) is 11.3 Å². The van der Waals surface area contributed by atoms with Crippen LogP contribution >= 0.6 is 11.3 Å². The Labute approximate surface area is 136 Å². The van der Waals surface area contributed by atoms with E-state index < -0.39 is 0 Å². The van der Waals surface area contributed by atoms with E-state index in [1.807, 2.05) is 0 Å². The minimum atomic E-state index is 0.111. The van der Waals surface area contributed by atoms with E-state index in [9.17, 15) is 4.79 Å². The third-order valence-electron chi connectivity index (χ3n) is 4.55. The molecule has 1 amide bonds. The Morgan fingerprint density at radius 3 is 3.14 bits per heavy atom. The lowest BCUT2D eigenvalue weighted by Gasteiger charge is -2.30. The van der Waals surface area contributed by atoms with Crippen molar-refractivity contribution in [3.05, 3.63) is 23.2 Å². The Morgan fingerprint density at radius 2 is 2.36 bits per heavy atom. The van der Waals surface area contributed by atoms with Gasteiger partial charge >= 0.3 is 0 Å². The van der Waals surface area contributed by atoms with Crippen molar-refractivity contribution in [2.45, 2.75) is 45.6 Å². The number of piperidine rings is 1. The monoisotopic (exact) mass is 319 g/mol. The minimum Gasteiger partial charge on any atom is -0.302 e. The average molecular weight is 319 g/mol. The summed E-state index contributed by atoms with van der Waals surface area (Å²) >= 11 is 1.54. The number of carbonyl (C=O) groups excluding carboxylic acids is 1. The van der Waals surface area contributed by atoms with Crippen molar-refractivity contribution >= 4 is 22.4 Å². The molecule has 0 saturated carbocycles. The summed E-state index contributed by atoms with van der Waals surface area (Å²) in [6.45, 7) is 5.55. The Morgan fingerprint density at radius 1 is 1.45 bits per heavy atom. The number of anilines is 1. The number of aromatic nitrogens is 1. The zero-order chi connectivity index (χ0) is 15.4. The number of amides is 1. The van der Waals surface area contributed by atoms with Gasteiger partial charge in [0.05, 0.1) is 5.69 Å². The molecular weight excluding hydrogens is 294 g/mol. The summed E-state index contributed by atoms with van der Waals surface area (Å²) in [5.41, 5.74) is 1.08. The topological polar surface area (TPSA) is 45.2 Å². The zero-order valence-electron chi connectivity index (χ0n) is 13.3. The highest BCUT2D eigenvalue weighted by Gasteiger charge is 2.20. The van der Waals surface area contributed by atoms with Gasteiger partial charge in [0.1, 0.15) is 0 Å². The molecule has 2 atom stereocenters. The molecule has 120 valence electrons. The van der Waals surface area contributed by atoms with Crippen LogP contribution < -0.4 is 5.32 Å². The first kappa shape index (κ1) is 15.7. The quantitative estimate of drug-likeness (QED) is 0.861. The predicted molar refractivity (Wildman–Crippen MR) is 90.9 cm³/mol. The van der Waals surface area contributed by atoms with E-state index >= 15 is 0 Å². The molecule has 3 rings (SSSR count). The highest BCUT2D eigenvalue weighted by molar-refractivity contribution is 7.13. The molecule has 1 saturated heterocycles. The van der Waals surface area contributed by atoms with Crippen LogP contribution in [0.15, 0.2) is 17.5 Å². The summed E-state index contributed by atoms with van der Waals surface area (Å²) in [5, 5.41) is 5.82. The fourth-order valence-electron chi connectivity index (χ4n) is 3.34. The maximum atomic E-state index is 12.2. The summed E-state index contributed by atoms with van der Waals surface area (Å²) in [5.74, 6) is 1.02. The SMILES string of the molecule is CC1CCCN(Cc2csc(NC(=O)C3CC=CCC3)n2)C1. The van der Waals surface area contributed by atoms with Crippen LogP contribution in [-0.2, 0) is 11.3 Å². The second-order valence-corrected chi connectivity index (χ2v) is 7.46. The third kappa shape index (κ3) is 4.17. The van der Waals surface area contributed by atoms with E-state index in [2.05, 4.69) is 39.7 Å². The normalized spacial score (nSPS) is 26.0. The molecule has 0 bridgehead atoms. The lowest BCUT2D eigenvalue weighted by atomic mass is 9.94. The summed E-state index contributed by atoms with van der Waals surface area (Å²) in [4.78, 5) is 19.3. The van der Waals surface area contributed by atoms with E-state index in [0.29, 0.717) is 0 Å². The van der Waals surface area contributed by atoms with Crippen LogP contribution in [0.25, 0.3) is 0 Å². The van der Waals surface area contributed by atoms with Gasteiger partial charge in [0.25, 0.3) is 0 Å². The maximum Gasteiger partial charge on any atom is 0.229 e. The number of hydrogen-bond donors (Lipinski definition) is 1. The molecule has 0 aromatic carbocycles. The number of likely N-dealkylation sites (tertiary alicyclic amines) is 1. The van der Waals surface area contributed by atoms with Gasteiger partial charge in [-0.05, 0) is 44.6 Å². The van der Waals surface area contributed by atoms with Gasteiger partial charge in [0.2, 0.25) is 5.91 Å². The van der Waals surface area contributed by atoms with Crippen molar-refractivity contribution < 1.29 is 4.79 Å². The summed E-state index contributed by atoms with van der Waals surface area (Å²) in [7, 11) is 0. The number of allylic oxidation sites excluding steroid dienone is 2. The Hall–Kier alpha value is -1.20. The lowest BCUT2D eigenvalue weighted by Crippen LogP contribution is -2.33. The van der Waals surface area contributed by atoms with Gasteiger partial charge in [-0.3, -0.25) is 9.69 Å². The molecule has 22 heavy (non-hydrogen) atoms. The standard InChI is InChI=1S/C17H25N3OS/c1-13-6-5-9-20(10-13)11-15-12-22-17(18-15)19-16(21)14-7-3-2-4-8-14/h2-3,12-14H,4-11H2,1H3,(H,18,19,21). The van der Waals surface area contributed by atoms with Crippen molar-refractivity contribution in [2.75, 3.05) is 18.4 Å². The fraction of sp³-hybridized carbons (Fsp3) is 0.647. The van der Waals surface area contributed by atoms with Crippen LogP contribution in [0.1, 0.15) is 44.7 Å². The zero-order valence-corrected chi connectivity index (χ0v) is 14.1. The summed E-state index contributed by atoms with van der Waals surface area (Å²) in [6, 6.07) is 0. The molecule has 4 nitrogen and oxygen atoms in total. The fourth-order valence-corrected chi connectivity index (χ4v) is 4.04. The molecule has 0 radical (unpaired) electrons. The number of carbonyl (C=O) groups is 1. The van der Waals surface area contributed by atoms with Gasteiger partial charge in [-0.25, -0.2) is 4.98 Å². The molecule has 2 unspecified atom stereocenters. The molecule has 2 heterocycles. The summed E-state index contributed by atoms with van der Waals surface area (Å²) < 4.78 is 0. The van der Waals surface area contributed by atoms with Crippen LogP contribution in [-0.4, -0.2) is 28.9 Å². The van der Waals surface area contributed by atoms with Crippen LogP contribution in [0.4, 0.5) is 5.13 Å². The third-order valence-corrected chi connectivity index (χ3v) is 5.36. The van der Waals surface area contributed by atoms with Crippen molar-refractivity contribution in [3.63, 3.8) is 0 Å². The van der Waals surface area contributed by atoms with E-state index in [-0.39, 0.29) is 11.8 Å². The Balaban J connectivity index is 1.52. The maximum absolute atomic E-state index is 12.2. The van der Waals surface area contributed by atoms with Crippen LogP contribution in [0, 0.1) is 11.8 Å². The second kappa shape index (κ2) is 7.38. The predicted octanol–water partition coefficient (Wildman–Crippen LogP) is 3.67. The highest BCUT2D eigenvalue weighted by atomic mass is 32.1. The van der Waals surface area contributed by atoms with Gasteiger partial charge in [0.15, 0.2) is 5.13 Å². The first-order chi connectivity index (χ1) is 10.7. The molecule has 1 aliphatic heterocycles. The van der Waals surface area contributed by atoms with Gasteiger partial charge in [-0.2, -0.15) is 0 Å². The van der Waals surface area contributed by atoms with E-state index in [0.717, 1.165) is 55.6 Å². The number of hydrogen-bond acceptors (Lipinski definition) is 4. The Kier molecular flexibility index (Phi) is 5.26. The lowest BCUT2D eigenvalue weighted by molar-refractivity contribution is -0.120. The second-order valence-electron chi connectivity index (χ2n) is 6.60. The largest absolute Gasteiger partial charge is 0.302 e. The molecule has 0 spiro atoms. The molecule has 5 heteroatoms. The van der Waals surface area contributed by atoms with E-state index in [4.69, 9.17) is 0 Å². The molecule has 1 aromatic heterocycles. The summed E-state index contributed by atoms with van der Waals surface area (Å²) in [6.07, 6.45) is 9.70. The molecular formula is C17H25N3OS. The van der Waals surface area contributed by atoms with Crippen LogP contribution in [0.2, 0.25) is 0 Å². The molecule has 2 aliphatic rings. The number of nitrogens with zero attached hydrogens (tertiary/aromatic N) is 2. The Bertz CT molecular complexity index is 540. The molecule has 1 N–H and O–H groups in total. The van der Waals surface area contributed by atoms with Crippen molar-refractivity contribution in [1.82, 2.24) is 9.88 Å². The first-order valence-corrected chi connectivity index (χ1v) is 9.21. The van der Waals surface area contributed by atoms with E-state index in [1.54, 1.807) is 11.3 Å². The molecule has 1 aromatic rings. The minimum absolute atomic E-state index is 0.111. The van der Waals surface area contributed by atoms with Crippen molar-refractivity contribution in [2.24, 2.45) is 11.8 Å².